The summed E-state index contributed by atoms with van der Waals surface area (Å²) in [6.45, 7) is 2.72. The van der Waals surface area contributed by atoms with Gasteiger partial charge in [-0.15, -0.1) is 0 Å². The van der Waals surface area contributed by atoms with Gasteiger partial charge in [0.05, 0.1) is 12.8 Å². The van der Waals surface area contributed by atoms with E-state index in [1.54, 1.807) is 17.0 Å². The Morgan fingerprint density at radius 3 is 2.42 bits per heavy atom. The van der Waals surface area contributed by atoms with Crippen molar-refractivity contribution >= 4 is 29.1 Å². The second-order valence-corrected chi connectivity index (χ2v) is 5.94. The van der Waals surface area contributed by atoms with Crippen molar-refractivity contribution in [3.05, 3.63) is 53.4 Å². The van der Waals surface area contributed by atoms with E-state index in [-0.39, 0.29) is 24.1 Å². The summed E-state index contributed by atoms with van der Waals surface area (Å²) in [5.41, 5.74) is 1.10. The van der Waals surface area contributed by atoms with Crippen LogP contribution in [-0.4, -0.2) is 49.4 Å². The minimum Gasteiger partial charge on any atom is -0.459 e. The van der Waals surface area contributed by atoms with Crippen LogP contribution in [0.25, 0.3) is 0 Å². The van der Waals surface area contributed by atoms with Gasteiger partial charge in [-0.2, -0.15) is 0 Å². The van der Waals surface area contributed by atoms with Gasteiger partial charge in [0.25, 0.3) is 5.91 Å². The van der Waals surface area contributed by atoms with Crippen LogP contribution in [0.1, 0.15) is 10.6 Å². The first-order valence-electron chi connectivity index (χ1n) is 7.73. The van der Waals surface area contributed by atoms with Gasteiger partial charge in [-0.05, 0) is 36.4 Å². The van der Waals surface area contributed by atoms with Gasteiger partial charge < -0.3 is 19.5 Å². The number of amides is 2. The van der Waals surface area contributed by atoms with Crippen LogP contribution >= 0.6 is 11.6 Å². The Morgan fingerprint density at radius 2 is 1.79 bits per heavy atom. The smallest absolute Gasteiger partial charge is 0.287 e. The number of halogens is 1. The van der Waals surface area contributed by atoms with Crippen LogP contribution in [0.2, 0.25) is 5.02 Å². The highest BCUT2D eigenvalue weighted by Crippen LogP contribution is 2.19. The van der Waals surface area contributed by atoms with Crippen molar-refractivity contribution in [2.45, 2.75) is 0 Å². The van der Waals surface area contributed by atoms with Crippen molar-refractivity contribution in [3.63, 3.8) is 0 Å². The number of anilines is 1. The maximum Gasteiger partial charge on any atom is 0.287 e. The summed E-state index contributed by atoms with van der Waals surface area (Å²) in [6, 6.07) is 10.9. The van der Waals surface area contributed by atoms with Crippen LogP contribution in [0.3, 0.4) is 0 Å². The molecule has 1 saturated heterocycles. The summed E-state index contributed by atoms with van der Waals surface area (Å²) >= 11 is 5.90. The predicted octanol–water partition coefficient (Wildman–Crippen LogP) is 2.01. The molecular formula is C17H18ClN3O3. The lowest BCUT2D eigenvalue weighted by Gasteiger charge is -2.36. The first-order valence-corrected chi connectivity index (χ1v) is 8.11. The fraction of sp³-hybridized carbons (Fsp3) is 0.294. The molecular weight excluding hydrogens is 330 g/mol. The van der Waals surface area contributed by atoms with Crippen LogP contribution in [-0.2, 0) is 4.79 Å². The Labute approximate surface area is 145 Å². The van der Waals surface area contributed by atoms with Crippen LogP contribution in [0, 0.1) is 0 Å². The lowest BCUT2D eigenvalue weighted by atomic mass is 10.2. The van der Waals surface area contributed by atoms with E-state index < -0.39 is 0 Å². The first kappa shape index (κ1) is 16.4. The van der Waals surface area contributed by atoms with Crippen molar-refractivity contribution in [1.82, 2.24) is 10.2 Å². The molecule has 1 aromatic carbocycles. The topological polar surface area (TPSA) is 65.8 Å². The summed E-state index contributed by atoms with van der Waals surface area (Å²) < 4.78 is 4.99. The highest BCUT2D eigenvalue weighted by molar-refractivity contribution is 6.30. The largest absolute Gasteiger partial charge is 0.459 e. The third-order valence-electron chi connectivity index (χ3n) is 3.97. The van der Waals surface area contributed by atoms with Crippen molar-refractivity contribution in [3.8, 4) is 0 Å². The number of carbonyl (C=O) groups excluding carboxylic acids is 2. The average Bonchev–Trinajstić information content (AvgIpc) is 3.15. The number of hydrogen-bond acceptors (Lipinski definition) is 4. The molecule has 1 N–H and O–H groups in total. The molecule has 6 nitrogen and oxygen atoms in total. The molecule has 0 aliphatic carbocycles. The minimum absolute atomic E-state index is 0.0273. The maximum absolute atomic E-state index is 12.2. The van der Waals surface area contributed by atoms with E-state index in [0.717, 1.165) is 18.8 Å². The monoisotopic (exact) mass is 347 g/mol. The van der Waals surface area contributed by atoms with Crippen molar-refractivity contribution in [2.75, 3.05) is 37.6 Å². The van der Waals surface area contributed by atoms with E-state index in [4.69, 9.17) is 16.0 Å². The molecule has 24 heavy (non-hydrogen) atoms. The second kappa shape index (κ2) is 7.40. The number of nitrogens with zero attached hydrogens (tertiary/aromatic N) is 2. The molecule has 1 aliphatic rings. The number of carbonyl (C=O) groups is 2. The number of rotatable bonds is 4. The fourth-order valence-electron chi connectivity index (χ4n) is 2.63. The van der Waals surface area contributed by atoms with Gasteiger partial charge in [0, 0.05) is 36.9 Å². The number of piperazine rings is 1. The number of hydrogen-bond donors (Lipinski definition) is 1. The molecule has 2 aromatic rings. The molecule has 0 saturated carbocycles. The van der Waals surface area contributed by atoms with Crippen molar-refractivity contribution in [2.24, 2.45) is 0 Å². The fourth-order valence-corrected chi connectivity index (χ4v) is 2.75. The van der Waals surface area contributed by atoms with Crippen LogP contribution in [0.5, 0.6) is 0 Å². The Bertz CT molecular complexity index is 692. The summed E-state index contributed by atoms with van der Waals surface area (Å²) in [4.78, 5) is 27.9. The van der Waals surface area contributed by atoms with Gasteiger partial charge in [0.2, 0.25) is 5.91 Å². The molecule has 0 spiro atoms. The number of furan rings is 1. The van der Waals surface area contributed by atoms with Gasteiger partial charge in [-0.1, -0.05) is 11.6 Å². The van der Waals surface area contributed by atoms with Gasteiger partial charge >= 0.3 is 0 Å². The lowest BCUT2D eigenvalue weighted by molar-refractivity contribution is -0.130. The summed E-state index contributed by atoms with van der Waals surface area (Å²) in [5, 5.41) is 3.29. The molecule has 0 unspecified atom stereocenters. The van der Waals surface area contributed by atoms with Crippen LogP contribution in [0.4, 0.5) is 5.69 Å². The van der Waals surface area contributed by atoms with E-state index in [2.05, 4.69) is 10.2 Å². The van der Waals surface area contributed by atoms with Gasteiger partial charge in [0.1, 0.15) is 0 Å². The zero-order valence-corrected chi connectivity index (χ0v) is 13.8. The molecule has 0 bridgehead atoms. The first-order chi connectivity index (χ1) is 11.6. The molecule has 126 valence electrons. The Morgan fingerprint density at radius 1 is 1.08 bits per heavy atom. The highest BCUT2D eigenvalue weighted by atomic mass is 35.5. The quantitative estimate of drug-likeness (QED) is 0.918. The SMILES string of the molecule is O=C(NCC(=O)N1CCN(c2ccc(Cl)cc2)CC1)c1ccco1. The Hall–Kier alpha value is -2.47. The number of benzene rings is 1. The third kappa shape index (κ3) is 3.89. The molecule has 1 aromatic heterocycles. The van der Waals surface area contributed by atoms with E-state index in [1.807, 2.05) is 24.3 Å². The van der Waals surface area contributed by atoms with Gasteiger partial charge in [-0.25, -0.2) is 0 Å². The molecule has 1 aliphatic heterocycles. The average molecular weight is 348 g/mol. The summed E-state index contributed by atoms with van der Waals surface area (Å²) in [5.74, 6) is -0.269. The van der Waals surface area contributed by atoms with E-state index >= 15 is 0 Å². The molecule has 2 heterocycles. The summed E-state index contributed by atoms with van der Waals surface area (Å²) in [7, 11) is 0. The molecule has 0 atom stereocenters. The molecule has 7 heteroatoms. The normalized spacial score (nSPS) is 14.5. The Kier molecular flexibility index (Phi) is 5.05. The minimum atomic E-state index is -0.381. The van der Waals surface area contributed by atoms with Gasteiger partial charge in [-0.3, -0.25) is 9.59 Å². The molecule has 0 radical (unpaired) electrons. The lowest BCUT2D eigenvalue weighted by Crippen LogP contribution is -2.51. The Balaban J connectivity index is 1.46. The van der Waals surface area contributed by atoms with Crippen LogP contribution < -0.4 is 10.2 Å². The zero-order valence-electron chi connectivity index (χ0n) is 13.1. The van der Waals surface area contributed by atoms with Crippen LogP contribution in [0.15, 0.2) is 47.1 Å². The van der Waals surface area contributed by atoms with Crippen molar-refractivity contribution < 1.29 is 14.0 Å². The van der Waals surface area contributed by atoms with Gasteiger partial charge in [0.15, 0.2) is 5.76 Å². The van der Waals surface area contributed by atoms with E-state index in [0.29, 0.717) is 18.1 Å². The third-order valence-corrected chi connectivity index (χ3v) is 4.22. The second-order valence-electron chi connectivity index (χ2n) is 5.50. The maximum atomic E-state index is 12.2. The number of nitrogens with one attached hydrogen (secondary N) is 1. The van der Waals surface area contributed by atoms with E-state index in [9.17, 15) is 9.59 Å². The molecule has 1 fully saturated rings. The molecule has 3 rings (SSSR count). The van der Waals surface area contributed by atoms with Crippen molar-refractivity contribution in [1.29, 1.82) is 0 Å². The highest BCUT2D eigenvalue weighted by Gasteiger charge is 2.22. The predicted molar refractivity (Wildman–Crippen MR) is 91.3 cm³/mol. The molecule has 2 amide bonds. The zero-order chi connectivity index (χ0) is 16.9. The van der Waals surface area contributed by atoms with E-state index in [1.165, 1.54) is 6.26 Å². The standard InChI is InChI=1S/C17H18ClN3O3/c18-13-3-5-14(6-4-13)20-7-9-21(10-8-20)16(22)12-19-17(23)15-2-1-11-24-15/h1-6,11H,7-10,12H2,(H,19,23). The summed E-state index contributed by atoms with van der Waals surface area (Å²) in [6.07, 6.45) is 1.42.